The highest BCUT2D eigenvalue weighted by Gasteiger charge is 2.43. The third-order valence-corrected chi connectivity index (χ3v) is 3.56. The van der Waals surface area contributed by atoms with Crippen molar-refractivity contribution in [3.63, 3.8) is 0 Å². The van der Waals surface area contributed by atoms with E-state index in [1.54, 1.807) is 0 Å². The third-order valence-electron chi connectivity index (χ3n) is 3.56. The van der Waals surface area contributed by atoms with Gasteiger partial charge in [0, 0.05) is 19.6 Å². The van der Waals surface area contributed by atoms with Crippen LogP contribution < -0.4 is 0 Å². The van der Waals surface area contributed by atoms with Crippen molar-refractivity contribution in [1.82, 2.24) is 4.90 Å². The second kappa shape index (κ2) is 4.48. The maximum Gasteiger partial charge on any atom is 0.0991 e. The zero-order valence-electron chi connectivity index (χ0n) is 10.3. The summed E-state index contributed by atoms with van der Waals surface area (Å²) >= 11 is 0. The molecule has 1 heterocycles. The molecule has 1 aromatic rings. The molecular formula is C14H18N2O. The SMILES string of the molecule is CC(C)C1(O)CN(Cc2ccc(C#N)cc2)C1. The first-order valence-corrected chi connectivity index (χ1v) is 5.97. The Morgan fingerprint density at radius 1 is 1.35 bits per heavy atom. The molecule has 0 bridgehead atoms. The Balaban J connectivity index is 1.90. The quantitative estimate of drug-likeness (QED) is 0.860. The molecule has 17 heavy (non-hydrogen) atoms. The van der Waals surface area contributed by atoms with Gasteiger partial charge in [-0.05, 0) is 23.6 Å². The minimum absolute atomic E-state index is 0.305. The number of hydrogen-bond donors (Lipinski definition) is 1. The smallest absolute Gasteiger partial charge is 0.0991 e. The van der Waals surface area contributed by atoms with E-state index in [0.717, 1.165) is 19.6 Å². The third kappa shape index (κ3) is 2.49. The van der Waals surface area contributed by atoms with Crippen LogP contribution in [0.3, 0.4) is 0 Å². The fourth-order valence-corrected chi connectivity index (χ4v) is 2.15. The van der Waals surface area contributed by atoms with Crippen LogP contribution in [0.15, 0.2) is 24.3 Å². The number of likely N-dealkylation sites (tertiary alicyclic amines) is 1. The molecule has 3 heteroatoms. The van der Waals surface area contributed by atoms with Crippen LogP contribution in [0.4, 0.5) is 0 Å². The van der Waals surface area contributed by atoms with Crippen LogP contribution in [-0.2, 0) is 6.54 Å². The molecule has 0 spiro atoms. The predicted molar refractivity (Wildman–Crippen MR) is 66.2 cm³/mol. The van der Waals surface area contributed by atoms with Crippen LogP contribution in [0.2, 0.25) is 0 Å². The molecule has 0 amide bonds. The molecule has 2 rings (SSSR count). The van der Waals surface area contributed by atoms with Crippen molar-refractivity contribution in [3.8, 4) is 6.07 Å². The minimum atomic E-state index is -0.507. The van der Waals surface area contributed by atoms with Crippen LogP contribution in [0.1, 0.15) is 25.0 Å². The van der Waals surface area contributed by atoms with Gasteiger partial charge >= 0.3 is 0 Å². The second-order valence-corrected chi connectivity index (χ2v) is 5.21. The summed E-state index contributed by atoms with van der Waals surface area (Å²) < 4.78 is 0. The van der Waals surface area contributed by atoms with Gasteiger partial charge in [-0.25, -0.2) is 0 Å². The Kier molecular flexibility index (Phi) is 3.19. The van der Waals surface area contributed by atoms with E-state index in [-0.39, 0.29) is 0 Å². The average molecular weight is 230 g/mol. The largest absolute Gasteiger partial charge is 0.387 e. The number of nitriles is 1. The summed E-state index contributed by atoms with van der Waals surface area (Å²) in [7, 11) is 0. The van der Waals surface area contributed by atoms with Gasteiger partial charge in [0.1, 0.15) is 0 Å². The molecule has 1 aliphatic rings. The Labute approximate surface area is 102 Å². The predicted octanol–water partition coefficient (Wildman–Crippen LogP) is 1.76. The monoisotopic (exact) mass is 230 g/mol. The molecular weight excluding hydrogens is 212 g/mol. The molecule has 0 unspecified atom stereocenters. The highest BCUT2D eigenvalue weighted by atomic mass is 16.3. The van der Waals surface area contributed by atoms with Crippen molar-refractivity contribution >= 4 is 0 Å². The van der Waals surface area contributed by atoms with Gasteiger partial charge in [0.05, 0.1) is 17.2 Å². The Hall–Kier alpha value is -1.37. The molecule has 0 aromatic heterocycles. The summed E-state index contributed by atoms with van der Waals surface area (Å²) in [5.41, 5.74) is 1.37. The molecule has 90 valence electrons. The maximum atomic E-state index is 10.1. The fourth-order valence-electron chi connectivity index (χ4n) is 2.15. The van der Waals surface area contributed by atoms with Crippen LogP contribution in [0, 0.1) is 17.2 Å². The summed E-state index contributed by atoms with van der Waals surface area (Å²) in [6.07, 6.45) is 0. The van der Waals surface area contributed by atoms with Gasteiger partial charge in [-0.3, -0.25) is 4.90 Å². The topological polar surface area (TPSA) is 47.3 Å². The summed E-state index contributed by atoms with van der Waals surface area (Å²) in [5, 5.41) is 18.8. The molecule has 0 radical (unpaired) electrons. The van der Waals surface area contributed by atoms with Gasteiger partial charge in [0.25, 0.3) is 0 Å². The Bertz CT molecular complexity index is 425. The highest BCUT2D eigenvalue weighted by Crippen LogP contribution is 2.29. The maximum absolute atomic E-state index is 10.1. The van der Waals surface area contributed by atoms with Gasteiger partial charge in [-0.2, -0.15) is 5.26 Å². The average Bonchev–Trinajstić information content (AvgIpc) is 2.27. The van der Waals surface area contributed by atoms with Gasteiger partial charge in [-0.1, -0.05) is 26.0 Å². The number of aliphatic hydroxyl groups is 1. The second-order valence-electron chi connectivity index (χ2n) is 5.21. The number of hydrogen-bond acceptors (Lipinski definition) is 3. The van der Waals surface area contributed by atoms with Crippen molar-refractivity contribution < 1.29 is 5.11 Å². The van der Waals surface area contributed by atoms with Gasteiger partial charge in [0.15, 0.2) is 0 Å². The molecule has 3 nitrogen and oxygen atoms in total. The summed E-state index contributed by atoms with van der Waals surface area (Å²) in [6, 6.07) is 9.74. The van der Waals surface area contributed by atoms with Gasteiger partial charge in [0.2, 0.25) is 0 Å². The molecule has 1 aliphatic heterocycles. The van der Waals surface area contributed by atoms with E-state index < -0.39 is 5.60 Å². The standard InChI is InChI=1S/C14H18N2O/c1-11(2)14(17)9-16(10-14)8-13-5-3-12(7-15)4-6-13/h3-6,11,17H,8-10H2,1-2H3. The Morgan fingerprint density at radius 2 is 1.94 bits per heavy atom. The van der Waals surface area contributed by atoms with Crippen molar-refractivity contribution in [2.45, 2.75) is 26.0 Å². The van der Waals surface area contributed by atoms with Crippen LogP contribution in [0.25, 0.3) is 0 Å². The summed E-state index contributed by atoms with van der Waals surface area (Å²) in [6.45, 7) is 6.44. The molecule has 0 saturated carbocycles. The number of benzene rings is 1. The van der Waals surface area contributed by atoms with Crippen LogP contribution in [0.5, 0.6) is 0 Å². The zero-order chi connectivity index (χ0) is 12.5. The first-order chi connectivity index (χ1) is 8.03. The number of rotatable bonds is 3. The van der Waals surface area contributed by atoms with E-state index in [2.05, 4.69) is 24.8 Å². The van der Waals surface area contributed by atoms with Crippen molar-refractivity contribution in [1.29, 1.82) is 5.26 Å². The summed E-state index contributed by atoms with van der Waals surface area (Å²) in [5.74, 6) is 0.305. The molecule has 0 atom stereocenters. The van der Waals surface area contributed by atoms with Crippen LogP contribution >= 0.6 is 0 Å². The van der Waals surface area contributed by atoms with Crippen LogP contribution in [-0.4, -0.2) is 28.7 Å². The molecule has 1 aromatic carbocycles. The van der Waals surface area contributed by atoms with E-state index in [0.29, 0.717) is 11.5 Å². The van der Waals surface area contributed by atoms with E-state index in [1.165, 1.54) is 5.56 Å². The first kappa shape index (κ1) is 12.1. The van der Waals surface area contributed by atoms with Crippen molar-refractivity contribution in [3.05, 3.63) is 35.4 Å². The van der Waals surface area contributed by atoms with E-state index in [4.69, 9.17) is 5.26 Å². The molecule has 1 N–H and O–H groups in total. The number of β-amino-alcohol motifs (C(OH)–C–C–N with tert-alkyl or cyclic N) is 1. The fraction of sp³-hybridized carbons (Fsp3) is 0.500. The van der Waals surface area contributed by atoms with E-state index >= 15 is 0 Å². The zero-order valence-corrected chi connectivity index (χ0v) is 10.3. The molecule has 1 saturated heterocycles. The molecule has 1 fully saturated rings. The van der Waals surface area contributed by atoms with Crippen molar-refractivity contribution in [2.24, 2.45) is 5.92 Å². The lowest BCUT2D eigenvalue weighted by atomic mass is 9.83. The lowest BCUT2D eigenvalue weighted by molar-refractivity contribution is -0.130. The lowest BCUT2D eigenvalue weighted by Gasteiger charge is -2.49. The van der Waals surface area contributed by atoms with E-state index in [9.17, 15) is 5.11 Å². The molecule has 0 aliphatic carbocycles. The normalized spacial score (nSPS) is 18.8. The van der Waals surface area contributed by atoms with Gasteiger partial charge in [-0.15, -0.1) is 0 Å². The Morgan fingerprint density at radius 3 is 2.41 bits per heavy atom. The van der Waals surface area contributed by atoms with E-state index in [1.807, 2.05) is 24.3 Å². The number of nitrogens with zero attached hydrogens (tertiary/aromatic N) is 2. The minimum Gasteiger partial charge on any atom is -0.387 e. The summed E-state index contributed by atoms with van der Waals surface area (Å²) in [4.78, 5) is 2.22. The first-order valence-electron chi connectivity index (χ1n) is 5.97. The lowest BCUT2D eigenvalue weighted by Crippen LogP contribution is -2.63. The van der Waals surface area contributed by atoms with Gasteiger partial charge < -0.3 is 5.11 Å². The van der Waals surface area contributed by atoms with Crippen molar-refractivity contribution in [2.75, 3.05) is 13.1 Å². The highest BCUT2D eigenvalue weighted by molar-refractivity contribution is 5.31.